The van der Waals surface area contributed by atoms with E-state index in [1.54, 1.807) is 0 Å². The molecule has 0 aromatic heterocycles. The number of Topliss-reactive ketones (excluding diaryl/α,β-unsaturated/α-hetero) is 1. The molecule has 0 aliphatic carbocycles. The highest BCUT2D eigenvalue weighted by Gasteiger charge is 2.07. The van der Waals surface area contributed by atoms with Crippen molar-refractivity contribution in [2.75, 3.05) is 11.5 Å². The summed E-state index contributed by atoms with van der Waals surface area (Å²) in [4.78, 5) is 22.0. The molecule has 4 heteroatoms. The first kappa shape index (κ1) is 14.5. The first-order chi connectivity index (χ1) is 7.06. The van der Waals surface area contributed by atoms with Crippen molar-refractivity contribution in [3.8, 4) is 0 Å². The number of carbonyl (C=O) groups is 2. The Morgan fingerprint density at radius 2 is 2.00 bits per heavy atom. The monoisotopic (exact) mass is 231 g/mol. The number of amides is 1. The molecule has 0 aliphatic rings. The topological polar surface area (TPSA) is 46.2 Å². The van der Waals surface area contributed by atoms with Crippen LogP contribution in [0.4, 0.5) is 0 Å². The molecule has 0 aliphatic heterocycles. The molecule has 0 aromatic carbocycles. The number of carbonyl (C=O) groups excluding carboxylic acids is 2. The molecule has 1 atom stereocenters. The van der Waals surface area contributed by atoms with Crippen molar-refractivity contribution in [1.82, 2.24) is 5.32 Å². The van der Waals surface area contributed by atoms with Crippen molar-refractivity contribution in [3.63, 3.8) is 0 Å². The van der Waals surface area contributed by atoms with E-state index >= 15 is 0 Å². The number of nitrogens with one attached hydrogen (secondary N) is 1. The summed E-state index contributed by atoms with van der Waals surface area (Å²) in [5, 5.41) is 2.89. The molecule has 0 spiro atoms. The zero-order chi connectivity index (χ0) is 11.7. The Balaban J connectivity index is 3.53. The average Bonchev–Trinajstić information content (AvgIpc) is 2.15. The van der Waals surface area contributed by atoms with Gasteiger partial charge in [-0.15, -0.1) is 0 Å². The van der Waals surface area contributed by atoms with Gasteiger partial charge in [-0.2, -0.15) is 11.8 Å². The molecule has 0 fully saturated rings. The molecule has 0 bridgehead atoms. The van der Waals surface area contributed by atoms with Gasteiger partial charge in [-0.3, -0.25) is 4.79 Å². The van der Waals surface area contributed by atoms with E-state index in [0.29, 0.717) is 12.8 Å². The predicted molar refractivity (Wildman–Crippen MR) is 65.1 cm³/mol. The Bertz CT molecular complexity index is 207. The normalized spacial score (nSPS) is 12.2. The van der Waals surface area contributed by atoms with Crippen LogP contribution in [0.3, 0.4) is 0 Å². The van der Waals surface area contributed by atoms with Gasteiger partial charge >= 0.3 is 0 Å². The summed E-state index contributed by atoms with van der Waals surface area (Å²) in [6, 6.07) is 0.212. The van der Waals surface area contributed by atoms with Gasteiger partial charge < -0.3 is 10.1 Å². The molecule has 88 valence electrons. The maximum atomic E-state index is 11.3. The fourth-order valence-corrected chi connectivity index (χ4v) is 1.92. The Morgan fingerprint density at radius 1 is 1.33 bits per heavy atom. The van der Waals surface area contributed by atoms with Gasteiger partial charge in [-0.25, -0.2) is 0 Å². The van der Waals surface area contributed by atoms with Crippen LogP contribution in [0.5, 0.6) is 0 Å². The van der Waals surface area contributed by atoms with Crippen molar-refractivity contribution < 1.29 is 9.59 Å². The SMILES string of the molecule is CCSCCC(C)NC(=O)CCC(C)=O. The maximum Gasteiger partial charge on any atom is 0.220 e. The highest BCUT2D eigenvalue weighted by molar-refractivity contribution is 7.99. The molecule has 1 N–H and O–H groups in total. The fourth-order valence-electron chi connectivity index (χ4n) is 1.11. The van der Waals surface area contributed by atoms with Gasteiger partial charge in [0.15, 0.2) is 0 Å². The minimum Gasteiger partial charge on any atom is -0.354 e. The summed E-state index contributed by atoms with van der Waals surface area (Å²) >= 11 is 1.88. The number of hydrogen-bond acceptors (Lipinski definition) is 3. The molecule has 0 aromatic rings. The third-order valence-corrected chi connectivity index (χ3v) is 2.94. The van der Waals surface area contributed by atoms with Gasteiger partial charge in [0.25, 0.3) is 0 Å². The Morgan fingerprint density at radius 3 is 2.53 bits per heavy atom. The van der Waals surface area contributed by atoms with Gasteiger partial charge in [0.2, 0.25) is 5.91 Å². The largest absolute Gasteiger partial charge is 0.354 e. The van der Waals surface area contributed by atoms with Crippen LogP contribution < -0.4 is 5.32 Å². The summed E-state index contributed by atoms with van der Waals surface area (Å²) in [5.41, 5.74) is 0. The van der Waals surface area contributed by atoms with E-state index in [9.17, 15) is 9.59 Å². The molecule has 0 rings (SSSR count). The lowest BCUT2D eigenvalue weighted by Gasteiger charge is -2.12. The second-order valence-electron chi connectivity index (χ2n) is 3.66. The first-order valence-electron chi connectivity index (χ1n) is 5.42. The van der Waals surface area contributed by atoms with E-state index in [4.69, 9.17) is 0 Å². The summed E-state index contributed by atoms with van der Waals surface area (Å²) in [7, 11) is 0. The van der Waals surface area contributed by atoms with Crippen LogP contribution in [0, 0.1) is 0 Å². The maximum absolute atomic E-state index is 11.3. The quantitative estimate of drug-likeness (QED) is 0.650. The molecule has 0 saturated carbocycles. The molecule has 15 heavy (non-hydrogen) atoms. The third-order valence-electron chi connectivity index (χ3n) is 2.01. The van der Waals surface area contributed by atoms with Gasteiger partial charge in [-0.05, 0) is 31.8 Å². The third kappa shape index (κ3) is 9.79. The smallest absolute Gasteiger partial charge is 0.220 e. The van der Waals surface area contributed by atoms with E-state index in [0.717, 1.165) is 17.9 Å². The molecule has 0 heterocycles. The van der Waals surface area contributed by atoms with Crippen LogP contribution >= 0.6 is 11.8 Å². The summed E-state index contributed by atoms with van der Waals surface area (Å²) in [5.74, 6) is 2.24. The van der Waals surface area contributed by atoms with E-state index in [1.165, 1.54) is 6.92 Å². The van der Waals surface area contributed by atoms with Gasteiger partial charge in [0, 0.05) is 18.9 Å². The highest BCUT2D eigenvalue weighted by Crippen LogP contribution is 2.04. The van der Waals surface area contributed by atoms with E-state index in [1.807, 2.05) is 18.7 Å². The second kappa shape index (κ2) is 8.77. The van der Waals surface area contributed by atoms with Crippen LogP contribution in [0.25, 0.3) is 0 Å². The summed E-state index contributed by atoms with van der Waals surface area (Å²) < 4.78 is 0. The van der Waals surface area contributed by atoms with E-state index in [-0.39, 0.29) is 17.7 Å². The van der Waals surface area contributed by atoms with Gasteiger partial charge in [0.05, 0.1) is 0 Å². The minimum absolute atomic E-state index is 0.0146. The summed E-state index contributed by atoms with van der Waals surface area (Å²) in [6.07, 6.45) is 1.66. The standard InChI is InChI=1S/C11H21NO2S/c1-4-15-8-7-9(2)12-11(14)6-5-10(3)13/h9H,4-8H2,1-3H3,(H,12,14). The molecule has 1 amide bonds. The Kier molecular flexibility index (Phi) is 8.47. The predicted octanol–water partition coefficient (Wildman–Crippen LogP) is 2.00. The van der Waals surface area contributed by atoms with Crippen molar-refractivity contribution >= 4 is 23.5 Å². The van der Waals surface area contributed by atoms with Crippen LogP contribution in [-0.4, -0.2) is 29.2 Å². The molecule has 3 nitrogen and oxygen atoms in total. The van der Waals surface area contributed by atoms with Crippen LogP contribution in [-0.2, 0) is 9.59 Å². The second-order valence-corrected chi connectivity index (χ2v) is 5.05. The van der Waals surface area contributed by atoms with E-state index in [2.05, 4.69) is 12.2 Å². The summed E-state index contributed by atoms with van der Waals surface area (Å²) in [6.45, 7) is 5.64. The van der Waals surface area contributed by atoms with Crippen molar-refractivity contribution in [3.05, 3.63) is 0 Å². The lowest BCUT2D eigenvalue weighted by atomic mass is 10.2. The van der Waals surface area contributed by atoms with Crippen molar-refractivity contribution in [2.24, 2.45) is 0 Å². The fraction of sp³-hybridized carbons (Fsp3) is 0.818. The Labute approximate surface area is 96.4 Å². The molecule has 1 unspecified atom stereocenters. The molecule has 0 saturated heterocycles. The zero-order valence-corrected chi connectivity index (χ0v) is 10.7. The van der Waals surface area contributed by atoms with Crippen LogP contribution in [0.2, 0.25) is 0 Å². The molecule has 0 radical (unpaired) electrons. The van der Waals surface area contributed by atoms with Crippen molar-refractivity contribution in [1.29, 1.82) is 0 Å². The van der Waals surface area contributed by atoms with Gasteiger partial charge in [-0.1, -0.05) is 6.92 Å². The number of thioether (sulfide) groups is 1. The zero-order valence-electron chi connectivity index (χ0n) is 9.84. The number of ketones is 1. The highest BCUT2D eigenvalue weighted by atomic mass is 32.2. The van der Waals surface area contributed by atoms with Crippen LogP contribution in [0.1, 0.15) is 40.0 Å². The lowest BCUT2D eigenvalue weighted by Crippen LogP contribution is -2.33. The van der Waals surface area contributed by atoms with Gasteiger partial charge in [0.1, 0.15) is 5.78 Å². The Hall–Kier alpha value is -0.510. The minimum atomic E-state index is -0.0146. The van der Waals surface area contributed by atoms with Crippen LogP contribution in [0.15, 0.2) is 0 Å². The number of rotatable bonds is 8. The molecular formula is C11H21NO2S. The van der Waals surface area contributed by atoms with E-state index < -0.39 is 0 Å². The van der Waals surface area contributed by atoms with Crippen molar-refractivity contribution in [2.45, 2.75) is 46.1 Å². The average molecular weight is 231 g/mol. The molecular weight excluding hydrogens is 210 g/mol. The number of hydrogen-bond donors (Lipinski definition) is 1. The lowest BCUT2D eigenvalue weighted by molar-refractivity contribution is -0.125. The first-order valence-corrected chi connectivity index (χ1v) is 6.58.